The van der Waals surface area contributed by atoms with Crippen LogP contribution in [0.25, 0.3) is 0 Å². The molecule has 0 fully saturated rings. The van der Waals surface area contributed by atoms with Gasteiger partial charge in [-0.1, -0.05) is 30.3 Å². The Morgan fingerprint density at radius 2 is 2.00 bits per heavy atom. The van der Waals surface area contributed by atoms with Crippen LogP contribution in [0.1, 0.15) is 5.56 Å². The van der Waals surface area contributed by atoms with Crippen LogP contribution in [0.2, 0.25) is 0 Å². The van der Waals surface area contributed by atoms with Gasteiger partial charge in [0.1, 0.15) is 5.75 Å². The van der Waals surface area contributed by atoms with Crippen molar-refractivity contribution in [1.29, 1.82) is 0 Å². The van der Waals surface area contributed by atoms with Gasteiger partial charge >= 0.3 is 0 Å². The number of hydrogen-bond acceptors (Lipinski definition) is 5. The molecule has 0 saturated heterocycles. The second kappa shape index (κ2) is 10.1. The van der Waals surface area contributed by atoms with Crippen LogP contribution < -0.4 is 26.4 Å². The summed E-state index contributed by atoms with van der Waals surface area (Å²) in [4.78, 5) is 12.0. The molecule has 0 aliphatic carbocycles. The monoisotopic (exact) mass is 390 g/mol. The highest BCUT2D eigenvalue weighted by Gasteiger charge is 2.06. The molecule has 29 heavy (non-hydrogen) atoms. The first-order valence-electron chi connectivity index (χ1n) is 9.48. The summed E-state index contributed by atoms with van der Waals surface area (Å²) in [7, 11) is 1.67. The molecule has 0 saturated carbocycles. The van der Waals surface area contributed by atoms with Crippen molar-refractivity contribution in [3.63, 3.8) is 0 Å². The normalized spacial score (nSPS) is 15.6. The van der Waals surface area contributed by atoms with Crippen LogP contribution in [0.5, 0.6) is 5.75 Å². The molecular formula is C23H26N4O2. The lowest BCUT2D eigenvalue weighted by Gasteiger charge is -2.19. The fourth-order valence-electron chi connectivity index (χ4n) is 2.85. The van der Waals surface area contributed by atoms with Crippen LogP contribution in [-0.4, -0.2) is 25.7 Å². The number of nitrogens with two attached hydrogens (primary N) is 1. The van der Waals surface area contributed by atoms with Gasteiger partial charge in [0.15, 0.2) is 0 Å². The summed E-state index contributed by atoms with van der Waals surface area (Å²) in [6.07, 6.45) is 10.1. The van der Waals surface area contributed by atoms with Gasteiger partial charge in [-0.25, -0.2) is 0 Å². The number of anilines is 2. The zero-order valence-corrected chi connectivity index (χ0v) is 16.4. The molecule has 0 bridgehead atoms. The molecule has 2 aromatic carbocycles. The van der Waals surface area contributed by atoms with Gasteiger partial charge in [-0.2, -0.15) is 0 Å². The van der Waals surface area contributed by atoms with E-state index < -0.39 is 0 Å². The van der Waals surface area contributed by atoms with Crippen molar-refractivity contribution in [3.05, 3.63) is 90.2 Å². The topological polar surface area (TPSA) is 88.4 Å². The number of ether oxygens (including phenoxy) is 1. The molecule has 1 heterocycles. The lowest BCUT2D eigenvalue weighted by Crippen LogP contribution is -2.40. The molecule has 150 valence electrons. The van der Waals surface area contributed by atoms with Crippen molar-refractivity contribution in [2.45, 2.75) is 12.6 Å². The second-order valence-electron chi connectivity index (χ2n) is 6.61. The molecule has 3 rings (SSSR count). The lowest BCUT2D eigenvalue weighted by atomic mass is 10.1. The average Bonchev–Trinajstić information content (AvgIpc) is 2.75. The van der Waals surface area contributed by atoms with Gasteiger partial charge in [0, 0.05) is 18.8 Å². The minimum atomic E-state index is -0.225. The molecule has 1 aliphatic heterocycles. The van der Waals surface area contributed by atoms with Crippen molar-refractivity contribution in [2.75, 3.05) is 24.7 Å². The first-order valence-corrected chi connectivity index (χ1v) is 9.48. The number of dihydropyridines is 1. The molecule has 6 nitrogen and oxygen atoms in total. The van der Waals surface area contributed by atoms with Crippen LogP contribution >= 0.6 is 0 Å². The fourth-order valence-corrected chi connectivity index (χ4v) is 2.85. The van der Waals surface area contributed by atoms with Crippen molar-refractivity contribution in [2.24, 2.45) is 0 Å². The van der Waals surface area contributed by atoms with Gasteiger partial charge in [0.05, 0.1) is 24.7 Å². The van der Waals surface area contributed by atoms with Gasteiger partial charge in [0.2, 0.25) is 5.91 Å². The summed E-state index contributed by atoms with van der Waals surface area (Å²) in [6.45, 7) is 0.842. The summed E-state index contributed by atoms with van der Waals surface area (Å²) < 4.78 is 5.17. The van der Waals surface area contributed by atoms with E-state index in [2.05, 4.69) is 28.1 Å². The Hall–Kier alpha value is -3.51. The lowest BCUT2D eigenvalue weighted by molar-refractivity contribution is -0.111. The van der Waals surface area contributed by atoms with Gasteiger partial charge in [-0.3, -0.25) is 10.1 Å². The van der Waals surface area contributed by atoms with Gasteiger partial charge in [-0.05, 0) is 54.0 Å². The molecular weight excluding hydrogens is 364 g/mol. The largest absolute Gasteiger partial charge is 0.497 e. The van der Waals surface area contributed by atoms with E-state index in [0.717, 1.165) is 24.3 Å². The molecule has 0 spiro atoms. The predicted octanol–water partition coefficient (Wildman–Crippen LogP) is 2.97. The number of hydrogen-bond donors (Lipinski definition) is 4. The zero-order valence-electron chi connectivity index (χ0n) is 16.4. The number of para-hydroxylation sites is 2. The van der Waals surface area contributed by atoms with Crippen LogP contribution in [-0.2, 0) is 11.2 Å². The molecule has 1 unspecified atom stereocenters. The van der Waals surface area contributed by atoms with E-state index in [4.69, 9.17) is 10.5 Å². The highest BCUT2D eigenvalue weighted by Crippen LogP contribution is 2.16. The van der Waals surface area contributed by atoms with Crippen LogP contribution in [0.15, 0.2) is 84.6 Å². The van der Waals surface area contributed by atoms with E-state index >= 15 is 0 Å². The fraction of sp³-hybridized carbons (Fsp3) is 0.174. The Kier molecular flexibility index (Phi) is 7.08. The van der Waals surface area contributed by atoms with Gasteiger partial charge < -0.3 is 21.1 Å². The number of nitrogen functional groups attached to an aromatic ring is 1. The number of methoxy groups -OCH3 is 1. The molecule has 1 aliphatic rings. The summed E-state index contributed by atoms with van der Waals surface area (Å²) in [5, 5.41) is 9.47. The van der Waals surface area contributed by atoms with Crippen LogP contribution in [0.3, 0.4) is 0 Å². The second-order valence-corrected chi connectivity index (χ2v) is 6.61. The molecule has 6 heteroatoms. The van der Waals surface area contributed by atoms with E-state index in [1.807, 2.05) is 42.6 Å². The van der Waals surface area contributed by atoms with E-state index in [-0.39, 0.29) is 12.1 Å². The standard InChI is InChI=1S/C23H26N4O2/c1-29-19-10-6-17(7-11-19)14-15-25-22-12-8-18(16-26-22)9-13-23(28)27-21-5-3-2-4-20(21)24/h2-13,16,22,25-26H,14-15,24H2,1H3,(H,27,28)/b13-9+. The van der Waals surface area contributed by atoms with E-state index in [1.54, 1.807) is 25.3 Å². The zero-order chi connectivity index (χ0) is 20.5. The molecule has 1 amide bonds. The van der Waals surface area contributed by atoms with Crippen LogP contribution in [0, 0.1) is 0 Å². The third-order valence-electron chi connectivity index (χ3n) is 4.49. The third-order valence-corrected chi connectivity index (χ3v) is 4.49. The molecule has 5 N–H and O–H groups in total. The number of amides is 1. The third kappa shape index (κ3) is 6.26. The number of nitrogens with one attached hydrogen (secondary N) is 3. The molecule has 1 atom stereocenters. The van der Waals surface area contributed by atoms with E-state index in [9.17, 15) is 4.79 Å². The molecule has 0 aromatic heterocycles. The minimum Gasteiger partial charge on any atom is -0.497 e. The van der Waals surface area contributed by atoms with Crippen molar-refractivity contribution in [3.8, 4) is 5.75 Å². The first-order chi connectivity index (χ1) is 14.1. The Morgan fingerprint density at radius 3 is 2.69 bits per heavy atom. The SMILES string of the molecule is COc1ccc(CCNC2C=CC(/C=C/C(=O)Nc3ccccc3N)=CN2)cc1. The highest BCUT2D eigenvalue weighted by atomic mass is 16.5. The van der Waals surface area contributed by atoms with E-state index in [0.29, 0.717) is 11.4 Å². The van der Waals surface area contributed by atoms with E-state index in [1.165, 1.54) is 11.6 Å². The summed E-state index contributed by atoms with van der Waals surface area (Å²) in [5.74, 6) is 0.641. The van der Waals surface area contributed by atoms with Crippen molar-refractivity contribution >= 4 is 17.3 Å². The van der Waals surface area contributed by atoms with Gasteiger partial charge in [-0.15, -0.1) is 0 Å². The Labute approximate surface area is 171 Å². The number of rotatable bonds is 8. The Balaban J connectivity index is 1.40. The smallest absolute Gasteiger partial charge is 0.248 e. The van der Waals surface area contributed by atoms with Gasteiger partial charge in [0.25, 0.3) is 0 Å². The minimum absolute atomic E-state index is 0.0586. The number of carbonyl (C=O) groups is 1. The average molecular weight is 390 g/mol. The number of benzene rings is 2. The summed E-state index contributed by atoms with van der Waals surface area (Å²) in [5.41, 5.74) is 9.14. The first kappa shape index (κ1) is 20.2. The quantitative estimate of drug-likeness (QED) is 0.411. The van der Waals surface area contributed by atoms with Crippen LogP contribution in [0.4, 0.5) is 11.4 Å². The number of allylic oxidation sites excluding steroid dienone is 3. The predicted molar refractivity (Wildman–Crippen MR) is 117 cm³/mol. The highest BCUT2D eigenvalue weighted by molar-refractivity contribution is 6.01. The molecule has 0 radical (unpaired) electrons. The molecule has 2 aromatic rings. The van der Waals surface area contributed by atoms with Crippen molar-refractivity contribution in [1.82, 2.24) is 10.6 Å². The summed E-state index contributed by atoms with van der Waals surface area (Å²) in [6, 6.07) is 15.3. The maximum atomic E-state index is 12.0. The maximum Gasteiger partial charge on any atom is 0.248 e. The summed E-state index contributed by atoms with van der Waals surface area (Å²) >= 11 is 0. The number of carbonyl (C=O) groups excluding carboxylic acids is 1. The Morgan fingerprint density at radius 1 is 1.21 bits per heavy atom. The van der Waals surface area contributed by atoms with Crippen molar-refractivity contribution < 1.29 is 9.53 Å². The maximum absolute atomic E-state index is 12.0. The Bertz CT molecular complexity index is 917.